The Morgan fingerprint density at radius 1 is 1.56 bits per heavy atom. The highest BCUT2D eigenvalue weighted by atomic mass is 16.5. The van der Waals surface area contributed by atoms with E-state index in [1.807, 2.05) is 11.6 Å². The molecule has 0 unspecified atom stereocenters. The summed E-state index contributed by atoms with van der Waals surface area (Å²) in [5.74, 6) is 0.489. The van der Waals surface area contributed by atoms with Gasteiger partial charge in [0.05, 0.1) is 18.5 Å². The third-order valence-electron chi connectivity index (χ3n) is 2.77. The number of carbonyl (C=O) groups is 1. The Bertz CT molecular complexity index is 500. The first-order valence-corrected chi connectivity index (χ1v) is 6.05. The lowest BCUT2D eigenvalue weighted by atomic mass is 10.1. The number of carbonyl (C=O) groups excluding carboxylic acids is 1. The van der Waals surface area contributed by atoms with Crippen molar-refractivity contribution in [2.45, 2.75) is 19.8 Å². The number of hydrogen-bond acceptors (Lipinski definition) is 3. The van der Waals surface area contributed by atoms with E-state index in [9.17, 15) is 4.79 Å². The van der Waals surface area contributed by atoms with Gasteiger partial charge in [0.2, 0.25) is 5.95 Å². The first-order chi connectivity index (χ1) is 8.72. The van der Waals surface area contributed by atoms with E-state index < -0.39 is 6.09 Å². The molecule has 1 aliphatic rings. The van der Waals surface area contributed by atoms with Gasteiger partial charge in [-0.15, -0.1) is 0 Å². The minimum absolute atomic E-state index is 0.344. The van der Waals surface area contributed by atoms with Crippen molar-refractivity contribution in [2.75, 3.05) is 11.9 Å². The van der Waals surface area contributed by atoms with Crippen LogP contribution in [0.2, 0.25) is 0 Å². The molecule has 0 bridgehead atoms. The van der Waals surface area contributed by atoms with Gasteiger partial charge in [0.25, 0.3) is 0 Å². The summed E-state index contributed by atoms with van der Waals surface area (Å²) >= 11 is 0. The molecule has 1 aromatic rings. The number of imidazole rings is 1. The average molecular weight is 247 g/mol. The zero-order chi connectivity index (χ0) is 13.0. The van der Waals surface area contributed by atoms with E-state index in [0.717, 1.165) is 24.1 Å². The van der Waals surface area contributed by atoms with Crippen LogP contribution in [-0.2, 0) is 11.8 Å². The zero-order valence-corrected chi connectivity index (χ0v) is 10.6. The van der Waals surface area contributed by atoms with Crippen molar-refractivity contribution in [1.82, 2.24) is 9.55 Å². The van der Waals surface area contributed by atoms with Gasteiger partial charge in [0.1, 0.15) is 0 Å². The highest BCUT2D eigenvalue weighted by Crippen LogP contribution is 2.23. The van der Waals surface area contributed by atoms with Crippen molar-refractivity contribution < 1.29 is 9.53 Å². The maximum Gasteiger partial charge on any atom is 0.413 e. The fourth-order valence-corrected chi connectivity index (χ4v) is 1.86. The third-order valence-corrected chi connectivity index (χ3v) is 2.77. The number of nitrogens with zero attached hydrogens (tertiary/aromatic N) is 2. The van der Waals surface area contributed by atoms with E-state index >= 15 is 0 Å². The first-order valence-electron chi connectivity index (χ1n) is 6.05. The maximum atomic E-state index is 11.3. The molecule has 0 radical (unpaired) electrons. The second kappa shape index (κ2) is 5.53. The van der Waals surface area contributed by atoms with Gasteiger partial charge >= 0.3 is 6.09 Å². The fourth-order valence-electron chi connectivity index (χ4n) is 1.86. The molecule has 1 heterocycles. The molecule has 0 atom stereocenters. The molecule has 2 rings (SSSR count). The fraction of sp³-hybridized carbons (Fsp3) is 0.385. The summed E-state index contributed by atoms with van der Waals surface area (Å²) < 4.78 is 6.67. The molecule has 1 aliphatic carbocycles. The van der Waals surface area contributed by atoms with Crippen molar-refractivity contribution in [3.63, 3.8) is 0 Å². The molecule has 0 aromatic carbocycles. The number of anilines is 1. The van der Waals surface area contributed by atoms with Crippen LogP contribution in [0.25, 0.3) is 5.57 Å². The SMILES string of the molecule is CCOC(=O)Nc1ncc(C2=CCCC=C2)n1C. The lowest BCUT2D eigenvalue weighted by Crippen LogP contribution is -2.16. The number of ether oxygens (including phenoxy) is 1. The molecular formula is C13H17N3O2. The maximum absolute atomic E-state index is 11.3. The number of allylic oxidation sites excluding steroid dienone is 4. The number of rotatable bonds is 3. The highest BCUT2D eigenvalue weighted by molar-refractivity contribution is 5.83. The molecule has 5 heteroatoms. The van der Waals surface area contributed by atoms with Crippen LogP contribution in [0.15, 0.2) is 24.4 Å². The molecule has 0 fully saturated rings. The van der Waals surface area contributed by atoms with Crippen molar-refractivity contribution in [3.8, 4) is 0 Å². The second-order valence-electron chi connectivity index (χ2n) is 4.01. The number of hydrogen-bond donors (Lipinski definition) is 1. The van der Waals surface area contributed by atoms with E-state index in [4.69, 9.17) is 4.74 Å². The lowest BCUT2D eigenvalue weighted by molar-refractivity contribution is 0.167. The molecule has 1 amide bonds. The molecule has 1 aromatic heterocycles. The third kappa shape index (κ3) is 2.61. The van der Waals surface area contributed by atoms with Gasteiger partial charge in [-0.25, -0.2) is 9.78 Å². The van der Waals surface area contributed by atoms with Gasteiger partial charge in [0.15, 0.2) is 0 Å². The van der Waals surface area contributed by atoms with Crippen molar-refractivity contribution >= 4 is 17.6 Å². The summed E-state index contributed by atoms with van der Waals surface area (Å²) in [5, 5.41) is 2.61. The van der Waals surface area contributed by atoms with Crippen molar-refractivity contribution in [1.29, 1.82) is 0 Å². The van der Waals surface area contributed by atoms with Crippen LogP contribution in [0.5, 0.6) is 0 Å². The predicted octanol–water partition coefficient (Wildman–Crippen LogP) is 2.72. The summed E-state index contributed by atoms with van der Waals surface area (Å²) in [7, 11) is 1.87. The van der Waals surface area contributed by atoms with Gasteiger partial charge in [-0.2, -0.15) is 0 Å². The highest BCUT2D eigenvalue weighted by Gasteiger charge is 2.12. The smallest absolute Gasteiger partial charge is 0.413 e. The lowest BCUT2D eigenvalue weighted by Gasteiger charge is -2.09. The van der Waals surface area contributed by atoms with Crippen LogP contribution in [0, 0.1) is 0 Å². The molecular weight excluding hydrogens is 230 g/mol. The summed E-state index contributed by atoms with van der Waals surface area (Å²) in [4.78, 5) is 15.5. The number of amides is 1. The van der Waals surface area contributed by atoms with Gasteiger partial charge in [-0.3, -0.25) is 5.32 Å². The molecule has 0 saturated heterocycles. The van der Waals surface area contributed by atoms with Crippen LogP contribution < -0.4 is 5.32 Å². The minimum atomic E-state index is -0.481. The molecule has 0 saturated carbocycles. The molecule has 0 aliphatic heterocycles. The monoisotopic (exact) mass is 247 g/mol. The second-order valence-corrected chi connectivity index (χ2v) is 4.01. The van der Waals surface area contributed by atoms with Crippen LogP contribution in [0.4, 0.5) is 10.7 Å². The van der Waals surface area contributed by atoms with Crippen molar-refractivity contribution in [2.24, 2.45) is 7.05 Å². The van der Waals surface area contributed by atoms with E-state index in [0.29, 0.717) is 12.6 Å². The Labute approximate surface area is 106 Å². The summed E-state index contributed by atoms with van der Waals surface area (Å²) in [6, 6.07) is 0. The molecule has 1 N–H and O–H groups in total. The van der Waals surface area contributed by atoms with E-state index in [2.05, 4.69) is 28.5 Å². The number of nitrogens with one attached hydrogen (secondary N) is 1. The first kappa shape index (κ1) is 12.4. The molecule has 96 valence electrons. The van der Waals surface area contributed by atoms with E-state index in [1.54, 1.807) is 13.1 Å². The summed E-state index contributed by atoms with van der Waals surface area (Å²) in [5.41, 5.74) is 2.12. The normalized spacial score (nSPS) is 14.2. The van der Waals surface area contributed by atoms with Crippen LogP contribution >= 0.6 is 0 Å². The predicted molar refractivity (Wildman–Crippen MR) is 70.2 cm³/mol. The summed E-state index contributed by atoms with van der Waals surface area (Å²) in [6.45, 7) is 2.11. The number of aromatic nitrogens is 2. The van der Waals surface area contributed by atoms with Crippen LogP contribution in [-0.4, -0.2) is 22.3 Å². The Morgan fingerprint density at radius 3 is 3.06 bits per heavy atom. The Kier molecular flexibility index (Phi) is 3.82. The van der Waals surface area contributed by atoms with Gasteiger partial charge in [-0.1, -0.05) is 18.2 Å². The summed E-state index contributed by atoms with van der Waals surface area (Å²) in [6.07, 6.45) is 9.78. The van der Waals surface area contributed by atoms with Gasteiger partial charge in [-0.05, 0) is 25.3 Å². The van der Waals surface area contributed by atoms with Crippen molar-refractivity contribution in [3.05, 3.63) is 30.1 Å². The minimum Gasteiger partial charge on any atom is -0.450 e. The van der Waals surface area contributed by atoms with Crippen LogP contribution in [0.1, 0.15) is 25.5 Å². The quantitative estimate of drug-likeness (QED) is 0.893. The van der Waals surface area contributed by atoms with E-state index in [-0.39, 0.29) is 0 Å². The Morgan fingerprint density at radius 2 is 2.39 bits per heavy atom. The standard InChI is InChI=1S/C13H17N3O2/c1-3-18-13(17)15-12-14-9-11(16(12)2)10-7-5-4-6-8-10/h5,7-9H,3-4,6H2,1-2H3,(H,14,15,17). The average Bonchev–Trinajstić information content (AvgIpc) is 2.72. The zero-order valence-electron chi connectivity index (χ0n) is 10.6. The largest absolute Gasteiger partial charge is 0.450 e. The Balaban J connectivity index is 2.16. The van der Waals surface area contributed by atoms with E-state index in [1.165, 1.54) is 0 Å². The molecule has 5 nitrogen and oxygen atoms in total. The molecule has 18 heavy (non-hydrogen) atoms. The van der Waals surface area contributed by atoms with Crippen LogP contribution in [0.3, 0.4) is 0 Å². The molecule has 0 spiro atoms. The Hall–Kier alpha value is -2.04. The van der Waals surface area contributed by atoms with Gasteiger partial charge in [0, 0.05) is 7.05 Å². The van der Waals surface area contributed by atoms with Gasteiger partial charge < -0.3 is 9.30 Å². The topological polar surface area (TPSA) is 56.1 Å².